The van der Waals surface area contributed by atoms with Crippen LogP contribution in [-0.2, 0) is 0 Å². The van der Waals surface area contributed by atoms with Crippen LogP contribution in [-0.4, -0.2) is 16.8 Å². The molecule has 0 aliphatic carbocycles. The molecule has 0 aliphatic heterocycles. The molecular formula is C23H23N3O2. The van der Waals surface area contributed by atoms with Crippen molar-refractivity contribution in [1.82, 2.24) is 10.3 Å². The SMILES string of the molecule is Cc1ccc(C)c(NC(=O)c2cc(C(=O)NC(C)c3ccccc3)ccn2)c1. The maximum absolute atomic E-state index is 12.6. The first-order chi connectivity index (χ1) is 13.4. The van der Waals surface area contributed by atoms with E-state index in [0.29, 0.717) is 5.56 Å². The predicted molar refractivity (Wildman–Crippen MR) is 110 cm³/mol. The van der Waals surface area contributed by atoms with Crippen molar-refractivity contribution >= 4 is 17.5 Å². The van der Waals surface area contributed by atoms with Gasteiger partial charge in [-0.15, -0.1) is 0 Å². The fourth-order valence-corrected chi connectivity index (χ4v) is 2.86. The van der Waals surface area contributed by atoms with E-state index in [-0.39, 0.29) is 23.6 Å². The van der Waals surface area contributed by atoms with Gasteiger partial charge in [-0.2, -0.15) is 0 Å². The van der Waals surface area contributed by atoms with Gasteiger partial charge in [0.15, 0.2) is 0 Å². The van der Waals surface area contributed by atoms with E-state index in [4.69, 9.17) is 0 Å². The molecule has 142 valence electrons. The van der Waals surface area contributed by atoms with E-state index in [0.717, 1.165) is 22.4 Å². The lowest BCUT2D eigenvalue weighted by molar-refractivity contribution is 0.0939. The number of nitrogens with zero attached hydrogens (tertiary/aromatic N) is 1. The van der Waals surface area contributed by atoms with E-state index >= 15 is 0 Å². The highest BCUT2D eigenvalue weighted by Crippen LogP contribution is 2.18. The number of aryl methyl sites for hydroxylation is 2. The smallest absolute Gasteiger partial charge is 0.274 e. The molecule has 0 radical (unpaired) electrons. The van der Waals surface area contributed by atoms with E-state index in [1.165, 1.54) is 12.3 Å². The lowest BCUT2D eigenvalue weighted by Crippen LogP contribution is -2.27. The minimum absolute atomic E-state index is 0.144. The highest BCUT2D eigenvalue weighted by Gasteiger charge is 2.15. The lowest BCUT2D eigenvalue weighted by Gasteiger charge is -2.14. The van der Waals surface area contributed by atoms with E-state index in [9.17, 15) is 9.59 Å². The van der Waals surface area contributed by atoms with Crippen LogP contribution < -0.4 is 10.6 Å². The van der Waals surface area contributed by atoms with E-state index in [1.54, 1.807) is 6.07 Å². The molecule has 2 N–H and O–H groups in total. The van der Waals surface area contributed by atoms with Gasteiger partial charge in [0, 0.05) is 17.4 Å². The third kappa shape index (κ3) is 4.62. The molecule has 1 heterocycles. The normalized spacial score (nSPS) is 11.5. The molecule has 1 unspecified atom stereocenters. The largest absolute Gasteiger partial charge is 0.346 e. The van der Waals surface area contributed by atoms with E-state index < -0.39 is 0 Å². The van der Waals surface area contributed by atoms with Crippen LogP contribution >= 0.6 is 0 Å². The van der Waals surface area contributed by atoms with Crippen LogP contribution in [0, 0.1) is 13.8 Å². The van der Waals surface area contributed by atoms with E-state index in [2.05, 4.69) is 15.6 Å². The van der Waals surface area contributed by atoms with Gasteiger partial charge in [-0.25, -0.2) is 0 Å². The molecule has 0 spiro atoms. The molecule has 3 aromatic rings. The Bertz CT molecular complexity index is 1000. The number of carbonyl (C=O) groups is 2. The quantitative estimate of drug-likeness (QED) is 0.694. The Hall–Kier alpha value is -3.47. The van der Waals surface area contributed by atoms with Crippen LogP contribution in [0.3, 0.4) is 0 Å². The number of amides is 2. The van der Waals surface area contributed by atoms with Gasteiger partial charge in [0.05, 0.1) is 6.04 Å². The number of hydrogen-bond donors (Lipinski definition) is 2. The van der Waals surface area contributed by atoms with Crippen molar-refractivity contribution in [3.05, 3.63) is 94.8 Å². The number of rotatable bonds is 5. The average Bonchev–Trinajstić information content (AvgIpc) is 2.71. The zero-order valence-electron chi connectivity index (χ0n) is 16.2. The van der Waals surface area contributed by atoms with Crippen LogP contribution in [0.1, 0.15) is 50.5 Å². The van der Waals surface area contributed by atoms with Crippen molar-refractivity contribution in [3.63, 3.8) is 0 Å². The Labute approximate surface area is 164 Å². The molecule has 0 saturated heterocycles. The summed E-state index contributed by atoms with van der Waals surface area (Å²) in [5, 5.41) is 5.81. The molecule has 0 bridgehead atoms. The zero-order chi connectivity index (χ0) is 20.1. The third-order valence-corrected chi connectivity index (χ3v) is 4.54. The van der Waals surface area contributed by atoms with Crippen molar-refractivity contribution in [2.75, 3.05) is 5.32 Å². The molecule has 28 heavy (non-hydrogen) atoms. The summed E-state index contributed by atoms with van der Waals surface area (Å²) in [7, 11) is 0. The third-order valence-electron chi connectivity index (χ3n) is 4.54. The van der Waals surface area contributed by atoms with Gasteiger partial charge < -0.3 is 10.6 Å². The maximum atomic E-state index is 12.6. The topological polar surface area (TPSA) is 71.1 Å². The summed E-state index contributed by atoms with van der Waals surface area (Å²) in [6.07, 6.45) is 1.47. The minimum Gasteiger partial charge on any atom is -0.346 e. The number of anilines is 1. The summed E-state index contributed by atoms with van der Waals surface area (Å²) < 4.78 is 0. The molecule has 1 atom stereocenters. The minimum atomic E-state index is -0.348. The highest BCUT2D eigenvalue weighted by atomic mass is 16.2. The lowest BCUT2D eigenvalue weighted by atomic mass is 10.1. The molecule has 2 amide bonds. The fourth-order valence-electron chi connectivity index (χ4n) is 2.86. The van der Waals surface area contributed by atoms with Gasteiger partial charge in [0.2, 0.25) is 0 Å². The van der Waals surface area contributed by atoms with E-state index in [1.807, 2.05) is 69.3 Å². The molecule has 0 saturated carbocycles. The van der Waals surface area contributed by atoms with Gasteiger partial charge in [0.1, 0.15) is 5.69 Å². The maximum Gasteiger partial charge on any atom is 0.274 e. The Balaban J connectivity index is 1.73. The monoisotopic (exact) mass is 373 g/mol. The van der Waals surface area contributed by atoms with Crippen molar-refractivity contribution in [2.24, 2.45) is 0 Å². The second-order valence-corrected chi connectivity index (χ2v) is 6.81. The average molecular weight is 373 g/mol. The number of carbonyl (C=O) groups excluding carboxylic acids is 2. The first-order valence-corrected chi connectivity index (χ1v) is 9.14. The molecule has 5 nitrogen and oxygen atoms in total. The molecule has 1 aromatic heterocycles. The van der Waals surface area contributed by atoms with Gasteiger partial charge in [-0.3, -0.25) is 14.6 Å². The van der Waals surface area contributed by atoms with Crippen molar-refractivity contribution in [3.8, 4) is 0 Å². The summed E-state index contributed by atoms with van der Waals surface area (Å²) in [4.78, 5) is 29.3. The summed E-state index contributed by atoms with van der Waals surface area (Å²) in [5.74, 6) is -0.598. The molecule has 2 aromatic carbocycles. The molecule has 0 fully saturated rings. The first kappa shape index (κ1) is 19.3. The van der Waals surface area contributed by atoms with Gasteiger partial charge in [-0.1, -0.05) is 42.5 Å². The zero-order valence-corrected chi connectivity index (χ0v) is 16.2. The first-order valence-electron chi connectivity index (χ1n) is 9.14. The molecule has 5 heteroatoms. The number of nitrogens with one attached hydrogen (secondary N) is 2. The number of pyridine rings is 1. The Morgan fingerprint density at radius 1 is 0.929 bits per heavy atom. The van der Waals surface area contributed by atoms with Crippen LogP contribution in [0.4, 0.5) is 5.69 Å². The van der Waals surface area contributed by atoms with Crippen LogP contribution in [0.25, 0.3) is 0 Å². The van der Waals surface area contributed by atoms with Crippen molar-refractivity contribution < 1.29 is 9.59 Å². The molecule has 0 aliphatic rings. The Morgan fingerprint density at radius 2 is 1.68 bits per heavy atom. The summed E-state index contributed by atoms with van der Waals surface area (Å²) >= 11 is 0. The molecule has 3 rings (SSSR count). The Kier molecular flexibility index (Phi) is 5.84. The van der Waals surface area contributed by atoms with Gasteiger partial charge in [-0.05, 0) is 55.7 Å². The van der Waals surface area contributed by atoms with Crippen molar-refractivity contribution in [1.29, 1.82) is 0 Å². The second-order valence-electron chi connectivity index (χ2n) is 6.81. The number of aromatic nitrogens is 1. The second kappa shape index (κ2) is 8.48. The van der Waals surface area contributed by atoms with Crippen molar-refractivity contribution in [2.45, 2.75) is 26.8 Å². The van der Waals surface area contributed by atoms with Gasteiger partial charge >= 0.3 is 0 Å². The summed E-state index contributed by atoms with van der Waals surface area (Å²) in [6, 6.07) is 18.5. The van der Waals surface area contributed by atoms with Crippen LogP contribution in [0.5, 0.6) is 0 Å². The summed E-state index contributed by atoms with van der Waals surface area (Å²) in [5.41, 5.74) is 4.35. The standard InChI is InChI=1S/C23H23N3O2/c1-15-9-10-16(2)20(13-15)26-23(28)21-14-19(11-12-24-21)22(27)25-17(3)18-7-5-4-6-8-18/h4-14,17H,1-3H3,(H,25,27)(H,26,28). The molecular weight excluding hydrogens is 350 g/mol. The van der Waals surface area contributed by atoms with Crippen LogP contribution in [0.2, 0.25) is 0 Å². The van der Waals surface area contributed by atoms with Crippen LogP contribution in [0.15, 0.2) is 66.9 Å². The Morgan fingerprint density at radius 3 is 2.43 bits per heavy atom. The summed E-state index contributed by atoms with van der Waals surface area (Å²) in [6.45, 7) is 5.81. The predicted octanol–water partition coefficient (Wildman–Crippen LogP) is 4.44. The van der Waals surface area contributed by atoms with Gasteiger partial charge in [0.25, 0.3) is 11.8 Å². The number of benzene rings is 2. The fraction of sp³-hybridized carbons (Fsp3) is 0.174. The number of hydrogen-bond acceptors (Lipinski definition) is 3. The highest BCUT2D eigenvalue weighted by molar-refractivity contribution is 6.05.